The quantitative estimate of drug-likeness (QED) is 0.679. The molecule has 1 atom stereocenters. The molecule has 2 rings (SSSR count). The Morgan fingerprint density at radius 3 is 3.00 bits per heavy atom. The van der Waals surface area contributed by atoms with Gasteiger partial charge in [-0.05, 0) is 30.4 Å². The summed E-state index contributed by atoms with van der Waals surface area (Å²) in [5.41, 5.74) is 2.65. The van der Waals surface area contributed by atoms with Gasteiger partial charge in [0.1, 0.15) is 5.75 Å². The number of hydrogen-bond acceptors (Lipinski definition) is 1. The van der Waals surface area contributed by atoms with E-state index < -0.39 is 0 Å². The molecule has 96 valence electrons. The highest BCUT2D eigenvalue weighted by atomic mass is 16.5. The molecule has 1 aliphatic carbocycles. The zero-order valence-electron chi connectivity index (χ0n) is 11.4. The standard InChI is InChI=1S/C17H22O/c1-3-4-13-18-16-12-8-11-15-10-7-5-6-9-14(2)17(15)16/h5-8,10-12,14H,3-4,9,13H2,1-2H3/b6-5+,10-7-. The van der Waals surface area contributed by atoms with Crippen LogP contribution < -0.4 is 4.74 Å². The zero-order chi connectivity index (χ0) is 12.8. The van der Waals surface area contributed by atoms with E-state index in [9.17, 15) is 0 Å². The molecule has 18 heavy (non-hydrogen) atoms. The van der Waals surface area contributed by atoms with Crippen molar-refractivity contribution in [3.05, 3.63) is 47.6 Å². The maximum absolute atomic E-state index is 5.95. The first-order valence-corrected chi connectivity index (χ1v) is 6.92. The summed E-state index contributed by atoms with van der Waals surface area (Å²) in [6.45, 7) is 5.28. The first-order valence-electron chi connectivity index (χ1n) is 6.92. The molecule has 1 aromatic carbocycles. The highest BCUT2D eigenvalue weighted by molar-refractivity contribution is 5.61. The largest absolute Gasteiger partial charge is 0.493 e. The van der Waals surface area contributed by atoms with Crippen molar-refractivity contribution in [3.8, 4) is 5.75 Å². The van der Waals surface area contributed by atoms with E-state index in [1.54, 1.807) is 0 Å². The van der Waals surface area contributed by atoms with E-state index in [1.165, 1.54) is 17.5 Å². The lowest BCUT2D eigenvalue weighted by molar-refractivity contribution is 0.304. The molecule has 1 heteroatoms. The van der Waals surface area contributed by atoms with Gasteiger partial charge in [-0.3, -0.25) is 0 Å². The fraction of sp³-hybridized carbons (Fsp3) is 0.412. The van der Waals surface area contributed by atoms with E-state index in [0.29, 0.717) is 5.92 Å². The van der Waals surface area contributed by atoms with Crippen LogP contribution in [-0.2, 0) is 0 Å². The third-order valence-corrected chi connectivity index (χ3v) is 3.36. The summed E-state index contributed by atoms with van der Waals surface area (Å²) in [5, 5.41) is 0. The summed E-state index contributed by atoms with van der Waals surface area (Å²) in [7, 11) is 0. The summed E-state index contributed by atoms with van der Waals surface area (Å²) < 4.78 is 5.95. The third kappa shape index (κ3) is 3.04. The second-order valence-electron chi connectivity index (χ2n) is 4.89. The van der Waals surface area contributed by atoms with E-state index in [1.807, 2.05) is 0 Å². The van der Waals surface area contributed by atoms with E-state index in [2.05, 4.69) is 56.4 Å². The molecule has 0 amide bonds. The van der Waals surface area contributed by atoms with Gasteiger partial charge in [0.2, 0.25) is 0 Å². The van der Waals surface area contributed by atoms with Gasteiger partial charge >= 0.3 is 0 Å². The van der Waals surface area contributed by atoms with Crippen LogP contribution in [-0.4, -0.2) is 6.61 Å². The minimum absolute atomic E-state index is 0.513. The van der Waals surface area contributed by atoms with Crippen LogP contribution in [0.3, 0.4) is 0 Å². The molecule has 0 saturated heterocycles. The maximum Gasteiger partial charge on any atom is 0.123 e. The van der Waals surface area contributed by atoms with Crippen LogP contribution in [0.5, 0.6) is 5.75 Å². The van der Waals surface area contributed by atoms with Gasteiger partial charge in [-0.15, -0.1) is 0 Å². The molecule has 0 aromatic heterocycles. The Kier molecular flexibility index (Phi) is 4.63. The Morgan fingerprint density at radius 1 is 1.28 bits per heavy atom. The van der Waals surface area contributed by atoms with Crippen LogP contribution in [0.1, 0.15) is 50.2 Å². The minimum Gasteiger partial charge on any atom is -0.493 e. The summed E-state index contributed by atoms with van der Waals surface area (Å²) in [5.74, 6) is 1.58. The van der Waals surface area contributed by atoms with Crippen LogP contribution in [0.4, 0.5) is 0 Å². The highest BCUT2D eigenvalue weighted by Crippen LogP contribution is 2.34. The van der Waals surface area contributed by atoms with E-state index >= 15 is 0 Å². The van der Waals surface area contributed by atoms with Crippen molar-refractivity contribution < 1.29 is 4.74 Å². The number of benzene rings is 1. The van der Waals surface area contributed by atoms with Gasteiger partial charge < -0.3 is 4.74 Å². The van der Waals surface area contributed by atoms with Gasteiger partial charge in [0.05, 0.1) is 6.61 Å². The molecule has 1 unspecified atom stereocenters. The van der Waals surface area contributed by atoms with Crippen molar-refractivity contribution in [1.29, 1.82) is 0 Å². The molecular formula is C17H22O. The van der Waals surface area contributed by atoms with Crippen LogP contribution >= 0.6 is 0 Å². The molecule has 0 heterocycles. The van der Waals surface area contributed by atoms with Gasteiger partial charge in [-0.2, -0.15) is 0 Å². The van der Waals surface area contributed by atoms with E-state index in [0.717, 1.165) is 25.2 Å². The summed E-state index contributed by atoms with van der Waals surface area (Å²) in [4.78, 5) is 0. The van der Waals surface area contributed by atoms with Crippen molar-refractivity contribution >= 4 is 6.08 Å². The Balaban J connectivity index is 2.29. The first kappa shape index (κ1) is 12.9. The summed E-state index contributed by atoms with van der Waals surface area (Å²) in [6, 6.07) is 6.36. The number of allylic oxidation sites excluding steroid dienone is 3. The Hall–Kier alpha value is -1.50. The molecule has 0 N–H and O–H groups in total. The highest BCUT2D eigenvalue weighted by Gasteiger charge is 2.15. The average Bonchev–Trinajstić information content (AvgIpc) is 2.36. The third-order valence-electron chi connectivity index (χ3n) is 3.36. The van der Waals surface area contributed by atoms with Gasteiger partial charge in [0.25, 0.3) is 0 Å². The molecule has 0 saturated carbocycles. The second-order valence-corrected chi connectivity index (χ2v) is 4.89. The van der Waals surface area contributed by atoms with Crippen molar-refractivity contribution in [1.82, 2.24) is 0 Å². The predicted molar refractivity (Wildman–Crippen MR) is 78.1 cm³/mol. The predicted octanol–water partition coefficient (Wildman–Crippen LogP) is 4.94. The van der Waals surface area contributed by atoms with Crippen molar-refractivity contribution in [2.45, 2.75) is 39.0 Å². The molecule has 0 fully saturated rings. The normalized spacial score (nSPS) is 21.6. The van der Waals surface area contributed by atoms with Gasteiger partial charge in [0, 0.05) is 5.56 Å². The lowest BCUT2D eigenvalue weighted by Gasteiger charge is -2.19. The van der Waals surface area contributed by atoms with Gasteiger partial charge in [-0.1, -0.05) is 56.7 Å². The molecule has 1 aliphatic rings. The zero-order valence-corrected chi connectivity index (χ0v) is 11.4. The van der Waals surface area contributed by atoms with Crippen LogP contribution in [0.25, 0.3) is 6.08 Å². The Bertz CT molecular complexity index is 443. The van der Waals surface area contributed by atoms with Crippen LogP contribution in [0.15, 0.2) is 36.4 Å². The smallest absolute Gasteiger partial charge is 0.123 e. The minimum atomic E-state index is 0.513. The van der Waals surface area contributed by atoms with Crippen LogP contribution in [0.2, 0.25) is 0 Å². The molecule has 0 bridgehead atoms. The number of fused-ring (bicyclic) bond motifs is 1. The molecule has 1 nitrogen and oxygen atoms in total. The SMILES string of the molecule is CCCCOc1cccc2c1C(C)C/C=C/C=C\2. The number of rotatable bonds is 4. The lowest BCUT2D eigenvalue weighted by atomic mass is 9.90. The number of unbranched alkanes of at least 4 members (excludes halogenated alkanes) is 1. The van der Waals surface area contributed by atoms with E-state index in [-0.39, 0.29) is 0 Å². The molecule has 1 aromatic rings. The van der Waals surface area contributed by atoms with E-state index in [4.69, 9.17) is 4.74 Å². The Morgan fingerprint density at radius 2 is 2.17 bits per heavy atom. The molecular weight excluding hydrogens is 220 g/mol. The molecule has 0 aliphatic heterocycles. The van der Waals surface area contributed by atoms with Crippen LogP contribution in [0, 0.1) is 0 Å². The average molecular weight is 242 g/mol. The van der Waals surface area contributed by atoms with Gasteiger partial charge in [-0.25, -0.2) is 0 Å². The Labute approximate surface area is 110 Å². The van der Waals surface area contributed by atoms with Gasteiger partial charge in [0.15, 0.2) is 0 Å². The summed E-state index contributed by atoms with van der Waals surface area (Å²) in [6.07, 6.45) is 12.0. The summed E-state index contributed by atoms with van der Waals surface area (Å²) >= 11 is 0. The topological polar surface area (TPSA) is 9.23 Å². The van der Waals surface area contributed by atoms with Crippen molar-refractivity contribution in [2.75, 3.05) is 6.61 Å². The fourth-order valence-corrected chi connectivity index (χ4v) is 2.32. The van der Waals surface area contributed by atoms with Crippen molar-refractivity contribution in [3.63, 3.8) is 0 Å². The lowest BCUT2D eigenvalue weighted by Crippen LogP contribution is -2.04. The monoisotopic (exact) mass is 242 g/mol. The second kappa shape index (κ2) is 6.44. The molecule has 0 spiro atoms. The first-order chi connectivity index (χ1) is 8.83. The fourth-order valence-electron chi connectivity index (χ4n) is 2.32. The number of ether oxygens (including phenoxy) is 1. The number of hydrogen-bond donors (Lipinski definition) is 0. The maximum atomic E-state index is 5.95. The van der Waals surface area contributed by atoms with Crippen molar-refractivity contribution in [2.24, 2.45) is 0 Å². The molecule has 0 radical (unpaired) electrons.